The zero-order chi connectivity index (χ0) is 23.7. The van der Waals surface area contributed by atoms with Crippen molar-refractivity contribution in [2.75, 3.05) is 12.4 Å². The summed E-state index contributed by atoms with van der Waals surface area (Å²) in [6.07, 6.45) is 4.50. The number of methoxy groups -OCH3 is 1. The highest BCUT2D eigenvalue weighted by atomic mass is 32.2. The summed E-state index contributed by atoms with van der Waals surface area (Å²) in [6.45, 7) is 0.148. The SMILES string of the molecule is COc1ccc(S(=O)(=O)N2Cc3ccccc3C[C@H]2C(=O)Nc2cccc3c2CCCC3)cc1. The van der Waals surface area contributed by atoms with Crippen LogP contribution in [-0.4, -0.2) is 31.8 Å². The van der Waals surface area contributed by atoms with Crippen molar-refractivity contribution in [2.24, 2.45) is 0 Å². The Morgan fingerprint density at radius 3 is 2.38 bits per heavy atom. The van der Waals surface area contributed by atoms with E-state index in [2.05, 4.69) is 11.4 Å². The molecule has 176 valence electrons. The van der Waals surface area contributed by atoms with Crippen LogP contribution in [0.15, 0.2) is 71.6 Å². The van der Waals surface area contributed by atoms with E-state index in [-0.39, 0.29) is 17.3 Å². The van der Waals surface area contributed by atoms with Crippen LogP contribution < -0.4 is 10.1 Å². The minimum absolute atomic E-state index is 0.141. The Morgan fingerprint density at radius 2 is 1.62 bits per heavy atom. The summed E-state index contributed by atoms with van der Waals surface area (Å²) in [5.41, 5.74) is 5.14. The van der Waals surface area contributed by atoms with Crippen LogP contribution in [0.3, 0.4) is 0 Å². The molecular weight excluding hydrogens is 448 g/mol. The lowest BCUT2D eigenvalue weighted by atomic mass is 9.90. The van der Waals surface area contributed by atoms with Crippen LogP contribution in [0.25, 0.3) is 0 Å². The number of nitrogens with one attached hydrogen (secondary N) is 1. The number of rotatable bonds is 5. The van der Waals surface area contributed by atoms with E-state index in [1.165, 1.54) is 34.7 Å². The zero-order valence-corrected chi connectivity index (χ0v) is 20.0. The molecule has 7 heteroatoms. The van der Waals surface area contributed by atoms with Gasteiger partial charge >= 0.3 is 0 Å². The number of benzene rings is 3. The number of carbonyl (C=O) groups is 1. The van der Waals surface area contributed by atoms with E-state index in [4.69, 9.17) is 4.74 Å². The minimum Gasteiger partial charge on any atom is -0.497 e. The third-order valence-electron chi connectivity index (χ3n) is 6.83. The van der Waals surface area contributed by atoms with Crippen LogP contribution >= 0.6 is 0 Å². The summed E-state index contributed by atoms with van der Waals surface area (Å²) >= 11 is 0. The maximum Gasteiger partial charge on any atom is 0.244 e. The van der Waals surface area contributed by atoms with E-state index in [1.807, 2.05) is 36.4 Å². The van der Waals surface area contributed by atoms with Crippen molar-refractivity contribution in [3.05, 3.63) is 89.0 Å². The molecule has 3 aromatic carbocycles. The summed E-state index contributed by atoms with van der Waals surface area (Å²) in [6, 6.07) is 19.2. The van der Waals surface area contributed by atoms with Gasteiger partial charge < -0.3 is 10.1 Å². The first kappa shape index (κ1) is 22.6. The van der Waals surface area contributed by atoms with Gasteiger partial charge in [-0.3, -0.25) is 4.79 Å². The van der Waals surface area contributed by atoms with Gasteiger partial charge in [0.05, 0.1) is 12.0 Å². The third-order valence-corrected chi connectivity index (χ3v) is 8.70. The summed E-state index contributed by atoms with van der Waals surface area (Å²) in [7, 11) is -2.38. The van der Waals surface area contributed by atoms with Crippen LogP contribution in [0.2, 0.25) is 0 Å². The van der Waals surface area contributed by atoms with Gasteiger partial charge in [0.25, 0.3) is 0 Å². The predicted molar refractivity (Wildman–Crippen MR) is 131 cm³/mol. The molecule has 0 radical (unpaired) electrons. The van der Waals surface area contributed by atoms with Crippen molar-refractivity contribution in [1.82, 2.24) is 4.31 Å². The van der Waals surface area contributed by atoms with Crippen LogP contribution in [-0.2, 0) is 40.6 Å². The lowest BCUT2D eigenvalue weighted by Gasteiger charge is -2.35. The Morgan fingerprint density at radius 1 is 0.912 bits per heavy atom. The van der Waals surface area contributed by atoms with Gasteiger partial charge in [0, 0.05) is 12.2 Å². The predicted octanol–water partition coefficient (Wildman–Crippen LogP) is 4.33. The van der Waals surface area contributed by atoms with E-state index in [9.17, 15) is 13.2 Å². The number of hydrogen-bond acceptors (Lipinski definition) is 4. The Hall–Kier alpha value is -3.16. The second-order valence-corrected chi connectivity index (χ2v) is 10.7. The van der Waals surface area contributed by atoms with Crippen molar-refractivity contribution in [3.8, 4) is 5.75 Å². The fraction of sp³-hybridized carbons (Fsp3) is 0.296. The number of anilines is 1. The van der Waals surface area contributed by atoms with Gasteiger partial charge in [-0.2, -0.15) is 4.31 Å². The summed E-state index contributed by atoms with van der Waals surface area (Å²) in [5, 5.41) is 3.08. The zero-order valence-electron chi connectivity index (χ0n) is 19.2. The van der Waals surface area contributed by atoms with Gasteiger partial charge in [-0.05, 0) is 84.7 Å². The molecule has 0 unspecified atom stereocenters. The Kier molecular flexibility index (Phi) is 6.15. The van der Waals surface area contributed by atoms with Gasteiger partial charge in [-0.1, -0.05) is 36.4 Å². The molecule has 1 aliphatic carbocycles. The number of fused-ring (bicyclic) bond motifs is 2. The molecule has 5 rings (SSSR count). The molecule has 0 fully saturated rings. The number of aryl methyl sites for hydroxylation is 1. The number of hydrogen-bond donors (Lipinski definition) is 1. The highest BCUT2D eigenvalue weighted by Crippen LogP contribution is 2.32. The van der Waals surface area contributed by atoms with Crippen molar-refractivity contribution in [2.45, 2.75) is 49.6 Å². The lowest BCUT2D eigenvalue weighted by molar-refractivity contribution is -0.120. The fourth-order valence-electron chi connectivity index (χ4n) is 4.97. The Labute approximate surface area is 200 Å². The average molecular weight is 477 g/mol. The number of nitrogens with zero attached hydrogens (tertiary/aromatic N) is 1. The molecule has 0 saturated carbocycles. The van der Waals surface area contributed by atoms with Crippen molar-refractivity contribution >= 4 is 21.6 Å². The van der Waals surface area contributed by atoms with Gasteiger partial charge in [-0.25, -0.2) is 8.42 Å². The van der Waals surface area contributed by atoms with Crippen LogP contribution in [0.5, 0.6) is 5.75 Å². The largest absolute Gasteiger partial charge is 0.497 e. The van der Waals surface area contributed by atoms with Crippen LogP contribution in [0.1, 0.15) is 35.1 Å². The van der Waals surface area contributed by atoms with E-state index < -0.39 is 16.1 Å². The number of ether oxygens (including phenoxy) is 1. The molecule has 1 heterocycles. The molecule has 1 N–H and O–H groups in total. The summed E-state index contributed by atoms with van der Waals surface area (Å²) in [4.78, 5) is 13.8. The smallest absolute Gasteiger partial charge is 0.244 e. The molecular formula is C27H28N2O4S. The van der Waals surface area contributed by atoms with E-state index in [1.54, 1.807) is 12.1 Å². The molecule has 3 aromatic rings. The van der Waals surface area contributed by atoms with Gasteiger partial charge in [0.1, 0.15) is 11.8 Å². The maximum atomic E-state index is 13.7. The molecule has 34 heavy (non-hydrogen) atoms. The monoisotopic (exact) mass is 476 g/mol. The average Bonchev–Trinajstić information content (AvgIpc) is 2.88. The molecule has 6 nitrogen and oxygen atoms in total. The Bertz CT molecular complexity index is 1320. The molecule has 0 saturated heterocycles. The second-order valence-electron chi connectivity index (χ2n) is 8.85. The van der Waals surface area contributed by atoms with Crippen LogP contribution in [0.4, 0.5) is 5.69 Å². The van der Waals surface area contributed by atoms with Crippen LogP contribution in [0, 0.1) is 0 Å². The highest BCUT2D eigenvalue weighted by Gasteiger charge is 2.39. The van der Waals surface area contributed by atoms with E-state index in [0.717, 1.165) is 42.5 Å². The first-order chi connectivity index (χ1) is 16.5. The first-order valence-electron chi connectivity index (χ1n) is 11.6. The normalized spacial score (nSPS) is 18.0. The number of carbonyl (C=O) groups excluding carboxylic acids is 1. The molecule has 0 spiro atoms. The lowest BCUT2D eigenvalue weighted by Crippen LogP contribution is -2.50. The van der Waals surface area contributed by atoms with Crippen molar-refractivity contribution in [3.63, 3.8) is 0 Å². The third kappa shape index (κ3) is 4.21. The first-order valence-corrected chi connectivity index (χ1v) is 13.1. The van der Waals surface area contributed by atoms with E-state index in [0.29, 0.717) is 12.2 Å². The summed E-state index contributed by atoms with van der Waals surface area (Å²) < 4.78 is 33.9. The molecule has 2 aliphatic rings. The minimum atomic E-state index is -3.92. The quantitative estimate of drug-likeness (QED) is 0.595. The second kappa shape index (κ2) is 9.24. The number of amides is 1. The molecule has 0 aromatic heterocycles. The van der Waals surface area contributed by atoms with Gasteiger partial charge in [0.2, 0.25) is 15.9 Å². The topological polar surface area (TPSA) is 75.7 Å². The molecule has 1 aliphatic heterocycles. The molecule has 1 amide bonds. The fourth-order valence-corrected chi connectivity index (χ4v) is 6.54. The Balaban J connectivity index is 1.50. The standard InChI is InChI=1S/C27H28N2O4S/c1-33-22-13-15-23(16-14-22)34(31,32)29-18-21-9-3-2-8-20(21)17-26(29)27(30)28-25-12-6-10-19-7-4-5-11-24(19)25/h2-3,6,8-10,12-16,26H,4-5,7,11,17-18H2,1H3,(H,28,30)/t26-/m0/s1. The number of sulfonamides is 1. The van der Waals surface area contributed by atoms with Crippen molar-refractivity contribution < 1.29 is 17.9 Å². The molecule has 0 bridgehead atoms. The van der Waals surface area contributed by atoms with E-state index >= 15 is 0 Å². The highest BCUT2D eigenvalue weighted by molar-refractivity contribution is 7.89. The van der Waals surface area contributed by atoms with Gasteiger partial charge in [0.15, 0.2) is 0 Å². The van der Waals surface area contributed by atoms with Crippen molar-refractivity contribution in [1.29, 1.82) is 0 Å². The maximum absolute atomic E-state index is 13.7. The van der Waals surface area contributed by atoms with Gasteiger partial charge in [-0.15, -0.1) is 0 Å². The molecule has 1 atom stereocenters. The summed E-state index contributed by atoms with van der Waals surface area (Å²) in [5.74, 6) is 0.275.